The van der Waals surface area contributed by atoms with Crippen LogP contribution in [0, 0.1) is 12.8 Å². The Balaban J connectivity index is 1.29. The lowest BCUT2D eigenvalue weighted by atomic mass is 9.88. The molecule has 1 fully saturated rings. The summed E-state index contributed by atoms with van der Waals surface area (Å²) in [4.78, 5) is 31.4. The van der Waals surface area contributed by atoms with E-state index in [9.17, 15) is 9.59 Å². The summed E-state index contributed by atoms with van der Waals surface area (Å²) in [5.74, 6) is 1.39. The van der Waals surface area contributed by atoms with E-state index in [0.29, 0.717) is 42.0 Å². The molecule has 0 bridgehead atoms. The number of fused-ring (bicyclic) bond motifs is 1. The van der Waals surface area contributed by atoms with Gasteiger partial charge < -0.3 is 14.8 Å². The van der Waals surface area contributed by atoms with Crippen molar-refractivity contribution < 1.29 is 19.1 Å². The molecule has 1 aromatic heterocycles. The van der Waals surface area contributed by atoms with Gasteiger partial charge in [-0.05, 0) is 51.1 Å². The first-order valence-corrected chi connectivity index (χ1v) is 10.3. The number of aryl methyl sites for hydroxylation is 1. The maximum Gasteiger partial charge on any atom is 0.240 e. The zero-order valence-electron chi connectivity index (χ0n) is 15.8. The quantitative estimate of drug-likeness (QED) is 0.776. The fourth-order valence-electron chi connectivity index (χ4n) is 3.56. The van der Waals surface area contributed by atoms with Crippen LogP contribution in [0.2, 0.25) is 0 Å². The number of aromatic nitrogens is 1. The molecule has 0 aliphatic carbocycles. The van der Waals surface area contributed by atoms with Crippen molar-refractivity contribution >= 4 is 28.2 Å². The zero-order chi connectivity index (χ0) is 19.5. The van der Waals surface area contributed by atoms with Crippen LogP contribution < -0.4 is 14.8 Å². The van der Waals surface area contributed by atoms with Crippen LogP contribution in [0.15, 0.2) is 23.6 Å². The molecule has 2 aliphatic rings. The molecular weight excluding hydrogens is 378 g/mol. The number of ether oxygens (including phenoxy) is 2. The average molecular weight is 401 g/mol. The molecule has 2 aliphatic heterocycles. The highest BCUT2D eigenvalue weighted by molar-refractivity contribution is 7.13. The highest BCUT2D eigenvalue weighted by Crippen LogP contribution is 2.32. The molecule has 8 heteroatoms. The average Bonchev–Trinajstić information content (AvgIpc) is 3.12. The minimum Gasteiger partial charge on any atom is -0.486 e. The first kappa shape index (κ1) is 18.9. The van der Waals surface area contributed by atoms with Crippen LogP contribution in [0.25, 0.3) is 0 Å². The highest BCUT2D eigenvalue weighted by atomic mass is 32.1. The van der Waals surface area contributed by atoms with Crippen LogP contribution in [-0.2, 0) is 4.79 Å². The van der Waals surface area contributed by atoms with E-state index in [-0.39, 0.29) is 17.6 Å². The van der Waals surface area contributed by atoms with Gasteiger partial charge in [0.05, 0.1) is 12.2 Å². The lowest BCUT2D eigenvalue weighted by molar-refractivity contribution is -0.117. The molecule has 0 unspecified atom stereocenters. The molecule has 0 saturated carbocycles. The number of carbonyl (C=O) groups is 2. The molecule has 4 rings (SSSR count). The number of benzene rings is 1. The third-order valence-electron chi connectivity index (χ3n) is 5.02. The van der Waals surface area contributed by atoms with Gasteiger partial charge in [0.1, 0.15) is 13.2 Å². The van der Waals surface area contributed by atoms with Gasteiger partial charge in [-0.15, -0.1) is 11.3 Å². The number of hydrogen-bond donors (Lipinski definition) is 1. The number of piperidine rings is 1. The summed E-state index contributed by atoms with van der Waals surface area (Å²) >= 11 is 1.43. The van der Waals surface area contributed by atoms with E-state index in [4.69, 9.17) is 9.47 Å². The van der Waals surface area contributed by atoms with Crippen molar-refractivity contribution in [3.8, 4) is 11.5 Å². The van der Waals surface area contributed by atoms with Crippen LogP contribution >= 0.6 is 11.3 Å². The molecule has 1 amide bonds. The topological polar surface area (TPSA) is 80.8 Å². The number of ketones is 1. The molecule has 1 saturated heterocycles. The number of rotatable bonds is 5. The highest BCUT2D eigenvalue weighted by Gasteiger charge is 2.27. The van der Waals surface area contributed by atoms with Gasteiger partial charge in [-0.3, -0.25) is 14.5 Å². The summed E-state index contributed by atoms with van der Waals surface area (Å²) in [6.07, 6.45) is 1.49. The number of anilines is 1. The molecular formula is C20H23N3O4S. The molecule has 2 aromatic rings. The number of Topliss-reactive ketones (excluding diaryl/α,β-unsaturated/α-hetero) is 1. The monoisotopic (exact) mass is 401 g/mol. The summed E-state index contributed by atoms with van der Waals surface area (Å²) in [6, 6.07) is 5.40. The van der Waals surface area contributed by atoms with E-state index in [1.54, 1.807) is 6.07 Å². The normalized spacial score (nSPS) is 17.3. The second-order valence-electron chi connectivity index (χ2n) is 7.12. The molecule has 1 N–H and O–H groups in total. The summed E-state index contributed by atoms with van der Waals surface area (Å²) in [6.45, 7) is 4.72. The lowest BCUT2D eigenvalue weighted by Crippen LogP contribution is -2.40. The number of thiazole rings is 1. The predicted octanol–water partition coefficient (Wildman–Crippen LogP) is 2.76. The SMILES string of the molecule is Cc1csc(NC(=O)CN2CCC(C(=O)c3ccc4c(c3)OCCO4)CC2)n1. The number of nitrogens with one attached hydrogen (secondary N) is 1. The molecule has 148 valence electrons. The standard InChI is InChI=1S/C20H23N3O4S/c1-13-12-28-20(21-13)22-18(24)11-23-6-4-14(5-7-23)19(25)15-2-3-16-17(10-15)27-9-8-26-16/h2-3,10,12,14H,4-9,11H2,1H3,(H,21,22,24). The second-order valence-corrected chi connectivity index (χ2v) is 7.97. The fraction of sp³-hybridized carbons (Fsp3) is 0.450. The van der Waals surface area contributed by atoms with Crippen LogP contribution in [0.5, 0.6) is 11.5 Å². The van der Waals surface area contributed by atoms with Gasteiger partial charge in [0.2, 0.25) is 5.91 Å². The van der Waals surface area contributed by atoms with Gasteiger partial charge in [0.25, 0.3) is 0 Å². The minimum atomic E-state index is -0.0639. The van der Waals surface area contributed by atoms with Gasteiger partial charge in [0.15, 0.2) is 22.4 Å². The van der Waals surface area contributed by atoms with E-state index in [1.807, 2.05) is 24.4 Å². The predicted molar refractivity (Wildman–Crippen MR) is 106 cm³/mol. The van der Waals surface area contributed by atoms with Crippen LogP contribution in [0.4, 0.5) is 5.13 Å². The minimum absolute atomic E-state index is 0.0246. The molecule has 0 atom stereocenters. The van der Waals surface area contributed by atoms with Crippen molar-refractivity contribution in [3.05, 3.63) is 34.8 Å². The number of nitrogens with zero attached hydrogens (tertiary/aromatic N) is 2. The first-order chi connectivity index (χ1) is 13.6. The second kappa shape index (κ2) is 8.28. The summed E-state index contributed by atoms with van der Waals surface area (Å²) in [7, 11) is 0. The fourth-order valence-corrected chi connectivity index (χ4v) is 4.26. The van der Waals surface area contributed by atoms with Crippen LogP contribution in [0.1, 0.15) is 28.9 Å². The summed E-state index contributed by atoms with van der Waals surface area (Å²) < 4.78 is 11.1. The Bertz CT molecular complexity index is 874. The van der Waals surface area contributed by atoms with Gasteiger partial charge in [-0.1, -0.05) is 0 Å². The van der Waals surface area contributed by atoms with E-state index in [2.05, 4.69) is 15.2 Å². The van der Waals surface area contributed by atoms with Gasteiger partial charge in [-0.2, -0.15) is 0 Å². The largest absolute Gasteiger partial charge is 0.486 e. The maximum absolute atomic E-state index is 12.9. The van der Waals surface area contributed by atoms with E-state index in [0.717, 1.165) is 31.6 Å². The Labute approximate surface area is 167 Å². The van der Waals surface area contributed by atoms with Crippen LogP contribution in [-0.4, -0.2) is 54.4 Å². The van der Waals surface area contributed by atoms with Crippen molar-refractivity contribution in [1.82, 2.24) is 9.88 Å². The zero-order valence-corrected chi connectivity index (χ0v) is 16.6. The molecule has 7 nitrogen and oxygen atoms in total. The van der Waals surface area contributed by atoms with E-state index >= 15 is 0 Å². The van der Waals surface area contributed by atoms with E-state index < -0.39 is 0 Å². The third kappa shape index (κ3) is 4.34. The Kier molecular flexibility index (Phi) is 5.59. The van der Waals surface area contributed by atoms with Crippen molar-refractivity contribution in [2.24, 2.45) is 5.92 Å². The number of likely N-dealkylation sites (tertiary alicyclic amines) is 1. The van der Waals surface area contributed by atoms with E-state index in [1.165, 1.54) is 11.3 Å². The number of hydrogen-bond acceptors (Lipinski definition) is 7. The molecule has 1 aromatic carbocycles. The summed E-state index contributed by atoms with van der Waals surface area (Å²) in [5, 5.41) is 5.37. The smallest absolute Gasteiger partial charge is 0.240 e. The molecule has 28 heavy (non-hydrogen) atoms. The molecule has 0 spiro atoms. The Morgan fingerprint density at radius 3 is 2.68 bits per heavy atom. The van der Waals surface area contributed by atoms with Crippen LogP contribution in [0.3, 0.4) is 0 Å². The lowest BCUT2D eigenvalue weighted by Gasteiger charge is -2.30. The van der Waals surface area contributed by atoms with Gasteiger partial charge >= 0.3 is 0 Å². The molecule has 0 radical (unpaired) electrons. The maximum atomic E-state index is 12.9. The van der Waals surface area contributed by atoms with Crippen molar-refractivity contribution in [2.45, 2.75) is 19.8 Å². The number of carbonyl (C=O) groups excluding carboxylic acids is 2. The van der Waals surface area contributed by atoms with Crippen molar-refractivity contribution in [2.75, 3.05) is 38.2 Å². The third-order valence-corrected chi connectivity index (χ3v) is 5.89. The van der Waals surface area contributed by atoms with Crippen molar-refractivity contribution in [3.63, 3.8) is 0 Å². The van der Waals surface area contributed by atoms with Crippen molar-refractivity contribution in [1.29, 1.82) is 0 Å². The molecule has 3 heterocycles. The summed E-state index contributed by atoms with van der Waals surface area (Å²) in [5.41, 5.74) is 1.57. The van der Waals surface area contributed by atoms with Gasteiger partial charge in [-0.25, -0.2) is 4.98 Å². The Hall–Kier alpha value is -2.45. The first-order valence-electron chi connectivity index (χ1n) is 9.47. The Morgan fingerprint density at radius 2 is 1.96 bits per heavy atom. The number of amides is 1. The van der Waals surface area contributed by atoms with Gasteiger partial charge in [0, 0.05) is 16.9 Å². The Morgan fingerprint density at radius 1 is 1.21 bits per heavy atom.